The quantitative estimate of drug-likeness (QED) is 0.497. The van der Waals surface area contributed by atoms with Crippen LogP contribution in [0.5, 0.6) is 11.5 Å². The van der Waals surface area contributed by atoms with E-state index in [0.29, 0.717) is 47.0 Å². The molecule has 0 unspecified atom stereocenters. The molecule has 2 aromatic heterocycles. The molecule has 0 bridgehead atoms. The number of fused-ring (bicyclic) bond motifs is 1. The van der Waals surface area contributed by atoms with E-state index in [4.69, 9.17) is 14.2 Å². The monoisotopic (exact) mass is 482 g/mol. The van der Waals surface area contributed by atoms with Gasteiger partial charge in [-0.3, -0.25) is 4.79 Å². The summed E-state index contributed by atoms with van der Waals surface area (Å²) in [7, 11) is 3.23. The lowest BCUT2D eigenvalue weighted by atomic mass is 9.90. The lowest BCUT2D eigenvalue weighted by Gasteiger charge is -2.37. The van der Waals surface area contributed by atoms with Crippen molar-refractivity contribution < 1.29 is 23.8 Å². The third kappa shape index (κ3) is 4.18. The second kappa shape index (κ2) is 9.54. The number of aryl methyl sites for hydroxylation is 1. The minimum Gasteiger partial charge on any atom is -0.493 e. The number of carbonyl (C=O) groups is 2. The summed E-state index contributed by atoms with van der Waals surface area (Å²) >= 11 is 1.61. The number of amides is 1. The van der Waals surface area contributed by atoms with Crippen LogP contribution in [-0.4, -0.2) is 48.6 Å². The minimum atomic E-state index is -0.420. The van der Waals surface area contributed by atoms with Crippen LogP contribution in [0.25, 0.3) is 0 Å². The smallest absolute Gasteiger partial charge is 0.340 e. The summed E-state index contributed by atoms with van der Waals surface area (Å²) < 4.78 is 16.5. The SMILES string of the molecule is COc1cc2c(cc1OC)[C@@H](c1cccs1)N(C(=O)c1[nH]c(C)c(C(=O)OC(C)C)c1C)CC2. The highest BCUT2D eigenvalue weighted by atomic mass is 32.1. The molecule has 0 aliphatic carbocycles. The van der Waals surface area contributed by atoms with E-state index >= 15 is 0 Å². The van der Waals surface area contributed by atoms with Crippen LogP contribution in [-0.2, 0) is 11.2 Å². The predicted molar refractivity (Wildman–Crippen MR) is 131 cm³/mol. The van der Waals surface area contributed by atoms with Gasteiger partial charge in [-0.15, -0.1) is 11.3 Å². The zero-order chi connectivity index (χ0) is 24.6. The van der Waals surface area contributed by atoms with Crippen molar-refractivity contribution in [2.45, 2.75) is 46.3 Å². The maximum absolute atomic E-state index is 13.9. The van der Waals surface area contributed by atoms with E-state index in [1.807, 2.05) is 34.5 Å². The summed E-state index contributed by atoms with van der Waals surface area (Å²) in [4.78, 5) is 32.7. The van der Waals surface area contributed by atoms with Gasteiger partial charge in [0.25, 0.3) is 5.91 Å². The second-order valence-electron chi connectivity index (χ2n) is 8.65. The molecule has 3 aromatic rings. The van der Waals surface area contributed by atoms with Crippen molar-refractivity contribution >= 4 is 23.2 Å². The van der Waals surface area contributed by atoms with Crippen LogP contribution in [0.1, 0.15) is 68.0 Å². The molecule has 4 rings (SSSR count). The number of hydrogen-bond acceptors (Lipinski definition) is 6. The van der Waals surface area contributed by atoms with Crippen molar-refractivity contribution in [1.29, 1.82) is 0 Å². The minimum absolute atomic E-state index is 0.150. The van der Waals surface area contributed by atoms with E-state index in [0.717, 1.165) is 16.0 Å². The molecule has 0 fully saturated rings. The van der Waals surface area contributed by atoms with E-state index in [2.05, 4.69) is 4.98 Å². The summed E-state index contributed by atoms with van der Waals surface area (Å²) in [6.45, 7) is 7.73. The average molecular weight is 483 g/mol. The van der Waals surface area contributed by atoms with Crippen LogP contribution in [0.4, 0.5) is 0 Å². The second-order valence-corrected chi connectivity index (χ2v) is 9.63. The van der Waals surface area contributed by atoms with Crippen LogP contribution < -0.4 is 9.47 Å². The Balaban J connectivity index is 1.78. The fourth-order valence-corrected chi connectivity index (χ4v) is 5.46. The Hall–Kier alpha value is -3.26. The number of thiophene rings is 1. The number of hydrogen-bond donors (Lipinski definition) is 1. The molecule has 1 atom stereocenters. The van der Waals surface area contributed by atoms with Crippen molar-refractivity contribution in [3.05, 3.63) is 68.2 Å². The van der Waals surface area contributed by atoms with E-state index in [1.54, 1.807) is 53.3 Å². The Labute approximate surface area is 203 Å². The number of benzene rings is 1. The van der Waals surface area contributed by atoms with Crippen LogP contribution >= 0.6 is 11.3 Å². The third-order valence-electron chi connectivity index (χ3n) is 6.15. The molecule has 1 amide bonds. The molecule has 1 N–H and O–H groups in total. The van der Waals surface area contributed by atoms with Crippen molar-refractivity contribution in [1.82, 2.24) is 9.88 Å². The number of nitrogens with one attached hydrogen (secondary N) is 1. The predicted octanol–water partition coefficient (Wildman–Crippen LogP) is 5.06. The van der Waals surface area contributed by atoms with Crippen molar-refractivity contribution in [2.75, 3.05) is 20.8 Å². The molecule has 7 nitrogen and oxygen atoms in total. The van der Waals surface area contributed by atoms with E-state index in [9.17, 15) is 9.59 Å². The first kappa shape index (κ1) is 23.9. The van der Waals surface area contributed by atoms with Gasteiger partial charge in [-0.25, -0.2) is 4.79 Å². The zero-order valence-electron chi connectivity index (χ0n) is 20.4. The highest BCUT2D eigenvalue weighted by Crippen LogP contribution is 2.43. The van der Waals surface area contributed by atoms with Gasteiger partial charge in [-0.05, 0) is 74.4 Å². The first-order valence-corrected chi connectivity index (χ1v) is 12.1. The number of rotatable bonds is 6. The summed E-state index contributed by atoms with van der Waals surface area (Å²) in [5.41, 5.74) is 4.21. The lowest BCUT2D eigenvalue weighted by molar-refractivity contribution is 0.0376. The molecular weight excluding hydrogens is 452 g/mol. The van der Waals surface area contributed by atoms with Gasteiger partial charge in [-0.1, -0.05) is 6.07 Å². The highest BCUT2D eigenvalue weighted by molar-refractivity contribution is 7.10. The fraction of sp³-hybridized carbons (Fsp3) is 0.385. The van der Waals surface area contributed by atoms with Gasteiger partial charge in [0, 0.05) is 17.1 Å². The molecule has 1 aliphatic rings. The molecule has 0 spiro atoms. The van der Waals surface area contributed by atoms with Gasteiger partial charge < -0.3 is 24.1 Å². The van der Waals surface area contributed by atoms with Gasteiger partial charge in [0.15, 0.2) is 11.5 Å². The zero-order valence-corrected chi connectivity index (χ0v) is 21.2. The molecule has 0 saturated carbocycles. The van der Waals surface area contributed by atoms with Crippen molar-refractivity contribution in [3.8, 4) is 11.5 Å². The number of aromatic amines is 1. The highest BCUT2D eigenvalue weighted by Gasteiger charge is 2.36. The molecule has 180 valence electrons. The molecular formula is C26H30N2O5S. The maximum atomic E-state index is 13.9. The van der Waals surface area contributed by atoms with Gasteiger partial charge >= 0.3 is 5.97 Å². The van der Waals surface area contributed by atoms with Crippen LogP contribution in [0.15, 0.2) is 29.6 Å². The first-order valence-electron chi connectivity index (χ1n) is 11.3. The Kier molecular flexibility index (Phi) is 6.70. The van der Waals surface area contributed by atoms with Crippen molar-refractivity contribution in [2.24, 2.45) is 0 Å². The molecule has 1 aliphatic heterocycles. The van der Waals surface area contributed by atoms with E-state index in [-0.39, 0.29) is 18.1 Å². The standard InChI is InChI=1S/C26H30N2O5S/c1-14(2)33-26(30)22-15(3)23(27-16(22)4)25(29)28-10-9-17-12-19(31-5)20(32-6)13-18(17)24(28)21-8-7-11-34-21/h7-8,11-14,24,27H,9-10H2,1-6H3/t24-/m0/s1. The first-order chi connectivity index (χ1) is 16.3. The molecule has 8 heteroatoms. The van der Waals surface area contributed by atoms with Crippen LogP contribution in [0.2, 0.25) is 0 Å². The topological polar surface area (TPSA) is 80.9 Å². The van der Waals surface area contributed by atoms with E-state index in [1.165, 1.54) is 0 Å². The molecule has 1 aromatic carbocycles. The molecule has 3 heterocycles. The lowest BCUT2D eigenvalue weighted by Crippen LogP contribution is -2.40. The number of esters is 1. The van der Waals surface area contributed by atoms with E-state index < -0.39 is 5.97 Å². The number of nitrogens with zero attached hydrogens (tertiary/aromatic N) is 1. The van der Waals surface area contributed by atoms with Gasteiger partial charge in [0.2, 0.25) is 0 Å². The normalized spacial score (nSPS) is 15.3. The Morgan fingerprint density at radius 2 is 1.85 bits per heavy atom. The summed E-state index contributed by atoms with van der Waals surface area (Å²) in [6, 6.07) is 7.73. The maximum Gasteiger partial charge on any atom is 0.340 e. The molecule has 0 radical (unpaired) electrons. The Morgan fingerprint density at radius 1 is 1.15 bits per heavy atom. The molecule has 34 heavy (non-hydrogen) atoms. The Bertz CT molecular complexity index is 1210. The third-order valence-corrected chi connectivity index (χ3v) is 7.07. The van der Waals surface area contributed by atoms with Crippen LogP contribution in [0, 0.1) is 13.8 Å². The molecule has 0 saturated heterocycles. The number of H-pyrrole nitrogens is 1. The van der Waals surface area contributed by atoms with Gasteiger partial charge in [0.1, 0.15) is 5.69 Å². The fourth-order valence-electron chi connectivity index (χ4n) is 4.60. The summed E-state index contributed by atoms with van der Waals surface area (Å²) in [6.07, 6.45) is 0.443. The Morgan fingerprint density at radius 3 is 2.47 bits per heavy atom. The number of carbonyl (C=O) groups excluding carboxylic acids is 2. The van der Waals surface area contributed by atoms with Crippen molar-refractivity contribution in [3.63, 3.8) is 0 Å². The van der Waals surface area contributed by atoms with Gasteiger partial charge in [0.05, 0.1) is 31.9 Å². The summed E-state index contributed by atoms with van der Waals surface area (Å²) in [5, 5.41) is 2.01. The average Bonchev–Trinajstić information content (AvgIpc) is 3.44. The number of aromatic nitrogens is 1. The largest absolute Gasteiger partial charge is 0.493 e. The van der Waals surface area contributed by atoms with Gasteiger partial charge in [-0.2, -0.15) is 0 Å². The number of ether oxygens (including phenoxy) is 3. The number of methoxy groups -OCH3 is 2. The summed E-state index contributed by atoms with van der Waals surface area (Å²) in [5.74, 6) is 0.733. The van der Waals surface area contributed by atoms with Crippen LogP contribution in [0.3, 0.4) is 0 Å².